The molecule has 0 aromatic heterocycles. The van der Waals surface area contributed by atoms with Gasteiger partial charge in [-0.3, -0.25) is 4.90 Å². The molecule has 0 N–H and O–H groups in total. The Morgan fingerprint density at radius 3 is 2.43 bits per heavy atom. The molecule has 4 nitrogen and oxygen atoms in total. The average Bonchev–Trinajstić information content (AvgIpc) is 2.76. The number of amides is 1. The Morgan fingerprint density at radius 2 is 1.86 bits per heavy atom. The molecule has 2 rings (SSSR count). The summed E-state index contributed by atoms with van der Waals surface area (Å²) >= 11 is 0. The largest absolute Gasteiger partial charge is 0.444 e. The SMILES string of the molecule is Cc1ccc(CN(C)C)c2c1CN(C(=O)OC(C)(C)C)C2. The lowest BCUT2D eigenvalue weighted by atomic mass is 9.99. The van der Waals surface area contributed by atoms with Gasteiger partial charge >= 0.3 is 6.09 Å². The van der Waals surface area contributed by atoms with Gasteiger partial charge in [0.1, 0.15) is 5.60 Å². The van der Waals surface area contributed by atoms with E-state index in [9.17, 15) is 4.79 Å². The van der Waals surface area contributed by atoms with Gasteiger partial charge in [0.05, 0.1) is 6.54 Å². The van der Waals surface area contributed by atoms with Gasteiger partial charge in [-0.1, -0.05) is 12.1 Å². The van der Waals surface area contributed by atoms with Crippen molar-refractivity contribution < 1.29 is 9.53 Å². The van der Waals surface area contributed by atoms with Gasteiger partial charge in [0.25, 0.3) is 0 Å². The number of rotatable bonds is 2. The van der Waals surface area contributed by atoms with E-state index >= 15 is 0 Å². The molecule has 1 aliphatic rings. The number of hydrogen-bond acceptors (Lipinski definition) is 3. The van der Waals surface area contributed by atoms with E-state index in [1.807, 2.05) is 20.8 Å². The molecule has 0 radical (unpaired) electrons. The number of nitrogens with zero attached hydrogens (tertiary/aromatic N) is 2. The lowest BCUT2D eigenvalue weighted by molar-refractivity contribution is 0.0241. The monoisotopic (exact) mass is 290 g/mol. The molecule has 0 saturated heterocycles. The lowest BCUT2D eigenvalue weighted by Gasteiger charge is -2.24. The van der Waals surface area contributed by atoms with Crippen molar-refractivity contribution >= 4 is 6.09 Å². The molecule has 1 heterocycles. The molecule has 4 heteroatoms. The van der Waals surface area contributed by atoms with Gasteiger partial charge in [-0.25, -0.2) is 4.79 Å². The van der Waals surface area contributed by atoms with Crippen molar-refractivity contribution in [3.63, 3.8) is 0 Å². The Balaban J connectivity index is 2.21. The van der Waals surface area contributed by atoms with E-state index < -0.39 is 5.60 Å². The summed E-state index contributed by atoms with van der Waals surface area (Å²) in [5, 5.41) is 0. The lowest BCUT2D eigenvalue weighted by Crippen LogP contribution is -2.33. The van der Waals surface area contributed by atoms with E-state index in [1.54, 1.807) is 4.90 Å². The highest BCUT2D eigenvalue weighted by atomic mass is 16.6. The summed E-state index contributed by atoms with van der Waals surface area (Å²) in [6, 6.07) is 4.32. The van der Waals surface area contributed by atoms with Crippen LogP contribution in [-0.4, -0.2) is 35.6 Å². The number of ether oxygens (including phenoxy) is 1. The van der Waals surface area contributed by atoms with Crippen molar-refractivity contribution in [1.29, 1.82) is 0 Å². The Bertz CT molecular complexity index is 544. The highest BCUT2D eigenvalue weighted by Crippen LogP contribution is 2.30. The normalized spacial score (nSPS) is 14.5. The Labute approximate surface area is 127 Å². The summed E-state index contributed by atoms with van der Waals surface area (Å²) < 4.78 is 5.49. The second kappa shape index (κ2) is 5.68. The van der Waals surface area contributed by atoms with Crippen molar-refractivity contribution in [3.8, 4) is 0 Å². The van der Waals surface area contributed by atoms with Crippen LogP contribution in [0, 0.1) is 6.92 Å². The van der Waals surface area contributed by atoms with Gasteiger partial charge in [0, 0.05) is 13.1 Å². The highest BCUT2D eigenvalue weighted by molar-refractivity contribution is 5.69. The third-order valence-electron chi connectivity index (χ3n) is 3.60. The van der Waals surface area contributed by atoms with Gasteiger partial charge in [0.2, 0.25) is 0 Å². The fourth-order valence-corrected chi connectivity index (χ4v) is 2.66. The standard InChI is InChI=1S/C17H26N2O2/c1-12-7-8-13(9-18(5)6)15-11-19(10-14(12)15)16(20)21-17(2,3)4/h7-8H,9-11H2,1-6H3. The summed E-state index contributed by atoms with van der Waals surface area (Å²) in [7, 11) is 4.12. The molecule has 1 amide bonds. The molecule has 0 aliphatic carbocycles. The van der Waals surface area contributed by atoms with Crippen LogP contribution in [0.25, 0.3) is 0 Å². The zero-order valence-corrected chi connectivity index (χ0v) is 14.0. The zero-order valence-electron chi connectivity index (χ0n) is 14.0. The molecule has 0 unspecified atom stereocenters. The molecule has 0 saturated carbocycles. The summed E-state index contributed by atoms with van der Waals surface area (Å²) in [6.45, 7) is 10.00. The maximum atomic E-state index is 12.3. The first kappa shape index (κ1) is 15.8. The summed E-state index contributed by atoms with van der Waals surface area (Å²) in [5.41, 5.74) is 4.66. The molecule has 1 aliphatic heterocycles. The van der Waals surface area contributed by atoms with Gasteiger partial charge < -0.3 is 9.64 Å². The van der Waals surface area contributed by atoms with Gasteiger partial charge in [-0.2, -0.15) is 0 Å². The molecule has 0 bridgehead atoms. The van der Waals surface area contributed by atoms with Crippen molar-refractivity contribution in [2.75, 3.05) is 14.1 Å². The van der Waals surface area contributed by atoms with Gasteiger partial charge in [-0.05, 0) is 64.0 Å². The van der Waals surface area contributed by atoms with E-state index in [-0.39, 0.29) is 6.09 Å². The van der Waals surface area contributed by atoms with E-state index in [0.29, 0.717) is 13.1 Å². The second-order valence-corrected chi connectivity index (χ2v) is 7.07. The number of carbonyl (C=O) groups is 1. The van der Waals surface area contributed by atoms with Crippen LogP contribution < -0.4 is 0 Å². The van der Waals surface area contributed by atoms with Crippen molar-refractivity contribution in [2.45, 2.75) is 52.9 Å². The Morgan fingerprint density at radius 1 is 1.24 bits per heavy atom. The van der Waals surface area contributed by atoms with E-state index in [4.69, 9.17) is 4.74 Å². The predicted molar refractivity (Wildman–Crippen MR) is 84.1 cm³/mol. The second-order valence-electron chi connectivity index (χ2n) is 7.07. The molecule has 0 spiro atoms. The van der Waals surface area contributed by atoms with E-state index in [0.717, 1.165) is 6.54 Å². The van der Waals surface area contributed by atoms with Crippen LogP contribution in [0.15, 0.2) is 12.1 Å². The number of carbonyl (C=O) groups excluding carboxylic acids is 1. The first-order chi connectivity index (χ1) is 9.67. The smallest absolute Gasteiger partial charge is 0.410 e. The van der Waals surface area contributed by atoms with Crippen molar-refractivity contribution in [1.82, 2.24) is 9.80 Å². The topological polar surface area (TPSA) is 32.8 Å². The first-order valence-electron chi connectivity index (χ1n) is 7.40. The minimum absolute atomic E-state index is 0.228. The zero-order chi connectivity index (χ0) is 15.8. The number of aryl methyl sites for hydroxylation is 1. The molecule has 0 fully saturated rings. The quantitative estimate of drug-likeness (QED) is 0.837. The predicted octanol–water partition coefficient (Wildman–Crippen LogP) is 3.31. The number of hydrogen-bond donors (Lipinski definition) is 0. The summed E-state index contributed by atoms with van der Waals surface area (Å²) in [5.74, 6) is 0. The third kappa shape index (κ3) is 3.76. The number of benzene rings is 1. The maximum Gasteiger partial charge on any atom is 0.410 e. The van der Waals surface area contributed by atoms with Crippen LogP contribution >= 0.6 is 0 Å². The minimum Gasteiger partial charge on any atom is -0.444 e. The Hall–Kier alpha value is -1.55. The molecule has 116 valence electrons. The van der Waals surface area contributed by atoms with Gasteiger partial charge in [-0.15, -0.1) is 0 Å². The Kier molecular flexibility index (Phi) is 4.28. The van der Waals surface area contributed by atoms with E-state index in [2.05, 4.69) is 38.1 Å². The van der Waals surface area contributed by atoms with Crippen LogP contribution in [0.3, 0.4) is 0 Å². The highest BCUT2D eigenvalue weighted by Gasteiger charge is 2.30. The fraction of sp³-hybridized carbons (Fsp3) is 0.588. The molecule has 0 atom stereocenters. The molecule has 1 aromatic rings. The van der Waals surface area contributed by atoms with Gasteiger partial charge in [0.15, 0.2) is 0 Å². The van der Waals surface area contributed by atoms with Crippen LogP contribution in [-0.2, 0) is 24.4 Å². The molecular formula is C17H26N2O2. The van der Waals surface area contributed by atoms with Crippen molar-refractivity contribution in [3.05, 3.63) is 34.4 Å². The average molecular weight is 290 g/mol. The molecular weight excluding hydrogens is 264 g/mol. The van der Waals surface area contributed by atoms with Crippen LogP contribution in [0.2, 0.25) is 0 Å². The summed E-state index contributed by atoms with van der Waals surface area (Å²) in [4.78, 5) is 16.2. The fourth-order valence-electron chi connectivity index (χ4n) is 2.66. The minimum atomic E-state index is -0.451. The summed E-state index contributed by atoms with van der Waals surface area (Å²) in [6.07, 6.45) is -0.228. The van der Waals surface area contributed by atoms with Crippen LogP contribution in [0.5, 0.6) is 0 Å². The third-order valence-corrected chi connectivity index (χ3v) is 3.60. The van der Waals surface area contributed by atoms with Crippen molar-refractivity contribution in [2.24, 2.45) is 0 Å². The maximum absolute atomic E-state index is 12.3. The molecule has 1 aromatic carbocycles. The molecule has 21 heavy (non-hydrogen) atoms. The van der Waals surface area contributed by atoms with Crippen LogP contribution in [0.4, 0.5) is 4.79 Å². The van der Waals surface area contributed by atoms with Crippen LogP contribution in [0.1, 0.15) is 43.0 Å². The van der Waals surface area contributed by atoms with E-state index in [1.165, 1.54) is 22.3 Å². The first-order valence-corrected chi connectivity index (χ1v) is 7.40. The number of fused-ring (bicyclic) bond motifs is 1.